The Morgan fingerprint density at radius 3 is 2.62 bits per heavy atom. The molecule has 2 aromatic carbocycles. The highest BCUT2D eigenvalue weighted by molar-refractivity contribution is 5.84. The summed E-state index contributed by atoms with van der Waals surface area (Å²) < 4.78 is 0. The number of fused-ring (bicyclic) bond motifs is 1. The summed E-state index contributed by atoms with van der Waals surface area (Å²) in [5, 5.41) is 4.72. The second kappa shape index (κ2) is 7.00. The third kappa shape index (κ3) is 3.31. The van der Waals surface area contributed by atoms with E-state index in [1.807, 2.05) is 25.4 Å². The van der Waals surface area contributed by atoms with Crippen LogP contribution in [0.2, 0.25) is 0 Å². The van der Waals surface area contributed by atoms with Gasteiger partial charge in [-0.2, -0.15) is 0 Å². The Labute approximate surface area is 153 Å². The molecule has 0 spiro atoms. The third-order valence-corrected chi connectivity index (χ3v) is 4.54. The number of aromatic nitrogens is 1. The Hall–Kier alpha value is -3.14. The minimum absolute atomic E-state index is 0.103. The number of rotatable bonds is 4. The molecule has 0 amide bonds. The van der Waals surface area contributed by atoms with Crippen molar-refractivity contribution in [3.05, 3.63) is 78.1 Å². The van der Waals surface area contributed by atoms with Crippen molar-refractivity contribution in [2.24, 2.45) is 4.99 Å². The lowest BCUT2D eigenvalue weighted by molar-refractivity contribution is 0.458. The number of nitrogens with one attached hydrogen (secondary N) is 1. The molecule has 1 aliphatic rings. The molecule has 1 atom stereocenters. The van der Waals surface area contributed by atoms with E-state index in [4.69, 9.17) is 4.98 Å². The second-order valence-corrected chi connectivity index (χ2v) is 6.65. The first kappa shape index (κ1) is 16.3. The van der Waals surface area contributed by atoms with Crippen molar-refractivity contribution in [2.75, 3.05) is 13.7 Å². The van der Waals surface area contributed by atoms with Gasteiger partial charge in [-0.25, -0.2) is 4.98 Å². The number of nitrogens with zero attached hydrogens (tertiary/aromatic N) is 3. The zero-order chi connectivity index (χ0) is 17.9. The minimum atomic E-state index is 0.103. The van der Waals surface area contributed by atoms with E-state index in [1.54, 1.807) is 0 Å². The predicted molar refractivity (Wildman–Crippen MR) is 108 cm³/mol. The van der Waals surface area contributed by atoms with Gasteiger partial charge in [0.25, 0.3) is 0 Å². The number of hydrogen-bond donors (Lipinski definition) is 1. The van der Waals surface area contributed by atoms with Gasteiger partial charge in [0.1, 0.15) is 6.67 Å². The average molecular weight is 342 g/mol. The standard InChI is InChI=1S/C22H22N4/c1-16(24-19-13-23-15-26(2)14-19)20-12-18-10-6-7-11-21(18)25-22(20)17-8-4-3-5-9-17/h3-14,16,24H,15H2,1-2H3. The average Bonchev–Trinajstić information content (AvgIpc) is 2.67. The fourth-order valence-electron chi connectivity index (χ4n) is 3.27. The first-order valence-corrected chi connectivity index (χ1v) is 8.84. The van der Waals surface area contributed by atoms with Gasteiger partial charge in [0.2, 0.25) is 0 Å². The second-order valence-electron chi connectivity index (χ2n) is 6.65. The molecule has 0 radical (unpaired) electrons. The molecule has 0 bridgehead atoms. The van der Waals surface area contributed by atoms with Crippen LogP contribution < -0.4 is 5.32 Å². The number of para-hydroxylation sites is 1. The molecule has 2 heterocycles. The number of hydrogen-bond acceptors (Lipinski definition) is 4. The zero-order valence-corrected chi connectivity index (χ0v) is 15.1. The van der Waals surface area contributed by atoms with Crippen LogP contribution in [0.1, 0.15) is 18.5 Å². The molecular formula is C22H22N4. The van der Waals surface area contributed by atoms with Crippen molar-refractivity contribution < 1.29 is 0 Å². The molecule has 130 valence electrons. The molecule has 3 aromatic rings. The Kier molecular flexibility index (Phi) is 4.40. The summed E-state index contributed by atoms with van der Waals surface area (Å²) in [6.45, 7) is 2.87. The SMILES string of the molecule is CC(NC1=CN(C)CN=C1)c1cc2ccccc2nc1-c1ccccc1. The summed E-state index contributed by atoms with van der Waals surface area (Å²) in [5.74, 6) is 0. The van der Waals surface area contributed by atoms with Gasteiger partial charge in [0.05, 0.1) is 22.9 Å². The van der Waals surface area contributed by atoms with Crippen LogP contribution in [-0.2, 0) is 0 Å². The van der Waals surface area contributed by atoms with Gasteiger partial charge in [-0.3, -0.25) is 4.99 Å². The van der Waals surface area contributed by atoms with Crippen molar-refractivity contribution >= 4 is 17.1 Å². The predicted octanol–water partition coefficient (Wildman–Crippen LogP) is 4.37. The van der Waals surface area contributed by atoms with E-state index in [0.717, 1.165) is 27.9 Å². The van der Waals surface area contributed by atoms with Gasteiger partial charge >= 0.3 is 0 Å². The monoisotopic (exact) mass is 342 g/mol. The quantitative estimate of drug-likeness (QED) is 0.765. The highest BCUT2D eigenvalue weighted by Gasteiger charge is 2.16. The molecule has 4 rings (SSSR count). The van der Waals surface area contributed by atoms with Crippen LogP contribution in [0, 0.1) is 0 Å². The lowest BCUT2D eigenvalue weighted by Crippen LogP contribution is -2.26. The lowest BCUT2D eigenvalue weighted by atomic mass is 9.98. The van der Waals surface area contributed by atoms with Gasteiger partial charge in [-0.1, -0.05) is 48.5 Å². The van der Waals surface area contributed by atoms with Crippen LogP contribution >= 0.6 is 0 Å². The van der Waals surface area contributed by atoms with E-state index < -0.39 is 0 Å². The molecule has 4 heteroatoms. The van der Waals surface area contributed by atoms with E-state index in [2.05, 4.69) is 76.9 Å². The number of allylic oxidation sites excluding steroid dienone is 1. The van der Waals surface area contributed by atoms with Crippen molar-refractivity contribution in [3.8, 4) is 11.3 Å². The van der Waals surface area contributed by atoms with E-state index >= 15 is 0 Å². The maximum Gasteiger partial charge on any atom is 0.109 e. The molecular weight excluding hydrogens is 320 g/mol. The molecule has 1 N–H and O–H groups in total. The highest BCUT2D eigenvalue weighted by Crippen LogP contribution is 2.30. The zero-order valence-electron chi connectivity index (χ0n) is 15.1. The van der Waals surface area contributed by atoms with E-state index in [-0.39, 0.29) is 6.04 Å². The summed E-state index contributed by atoms with van der Waals surface area (Å²) in [6.07, 6.45) is 3.98. The van der Waals surface area contributed by atoms with Crippen molar-refractivity contribution in [3.63, 3.8) is 0 Å². The lowest BCUT2D eigenvalue weighted by Gasteiger charge is -2.23. The summed E-state index contributed by atoms with van der Waals surface area (Å²) in [5.41, 5.74) is 5.35. The van der Waals surface area contributed by atoms with Crippen molar-refractivity contribution in [1.82, 2.24) is 15.2 Å². The van der Waals surface area contributed by atoms with Crippen LogP contribution in [0.25, 0.3) is 22.2 Å². The molecule has 0 aliphatic carbocycles. The topological polar surface area (TPSA) is 40.5 Å². The van der Waals surface area contributed by atoms with Crippen LogP contribution in [0.15, 0.2) is 77.6 Å². The van der Waals surface area contributed by atoms with Crippen molar-refractivity contribution in [1.29, 1.82) is 0 Å². The Bertz CT molecular complexity index is 976. The number of aliphatic imine (C=N–C) groups is 1. The van der Waals surface area contributed by atoms with E-state index in [1.165, 1.54) is 5.56 Å². The van der Waals surface area contributed by atoms with Crippen LogP contribution in [0.3, 0.4) is 0 Å². The summed E-state index contributed by atoms with van der Waals surface area (Å²) in [4.78, 5) is 11.4. The van der Waals surface area contributed by atoms with Crippen LogP contribution in [0.5, 0.6) is 0 Å². The Morgan fingerprint density at radius 1 is 1.04 bits per heavy atom. The third-order valence-electron chi connectivity index (χ3n) is 4.54. The smallest absolute Gasteiger partial charge is 0.109 e. The van der Waals surface area contributed by atoms with Gasteiger partial charge in [0, 0.05) is 36.0 Å². The Morgan fingerprint density at radius 2 is 1.81 bits per heavy atom. The molecule has 1 aromatic heterocycles. The summed E-state index contributed by atoms with van der Waals surface area (Å²) in [6, 6.07) is 21.0. The first-order chi connectivity index (χ1) is 12.7. The largest absolute Gasteiger partial charge is 0.376 e. The van der Waals surface area contributed by atoms with E-state index in [9.17, 15) is 0 Å². The maximum absolute atomic E-state index is 4.97. The molecule has 1 aliphatic heterocycles. The number of benzene rings is 2. The summed E-state index contributed by atoms with van der Waals surface area (Å²) in [7, 11) is 2.02. The molecule has 4 nitrogen and oxygen atoms in total. The highest BCUT2D eigenvalue weighted by atomic mass is 15.2. The first-order valence-electron chi connectivity index (χ1n) is 8.84. The normalized spacial score (nSPS) is 15.0. The molecule has 1 unspecified atom stereocenters. The van der Waals surface area contributed by atoms with Gasteiger partial charge in [-0.15, -0.1) is 0 Å². The van der Waals surface area contributed by atoms with E-state index in [0.29, 0.717) is 6.67 Å². The molecule has 26 heavy (non-hydrogen) atoms. The van der Waals surface area contributed by atoms with Crippen LogP contribution in [0.4, 0.5) is 0 Å². The van der Waals surface area contributed by atoms with Crippen molar-refractivity contribution in [2.45, 2.75) is 13.0 Å². The van der Waals surface area contributed by atoms with Crippen LogP contribution in [-0.4, -0.2) is 29.8 Å². The van der Waals surface area contributed by atoms with Gasteiger partial charge in [0.15, 0.2) is 0 Å². The fourth-order valence-corrected chi connectivity index (χ4v) is 3.27. The Balaban J connectivity index is 1.78. The van der Waals surface area contributed by atoms with Gasteiger partial charge < -0.3 is 10.2 Å². The molecule has 0 saturated carbocycles. The molecule has 0 saturated heterocycles. The van der Waals surface area contributed by atoms with Gasteiger partial charge in [-0.05, 0) is 19.1 Å². The molecule has 0 fully saturated rings. The maximum atomic E-state index is 4.97. The number of pyridine rings is 1. The summed E-state index contributed by atoms with van der Waals surface area (Å²) >= 11 is 0. The fraction of sp³-hybridized carbons (Fsp3) is 0.182. The minimum Gasteiger partial charge on any atom is -0.376 e.